The summed E-state index contributed by atoms with van der Waals surface area (Å²) in [6, 6.07) is 8.42. The Morgan fingerprint density at radius 1 is 1.10 bits per heavy atom. The first-order valence-corrected chi connectivity index (χ1v) is 8.77. The summed E-state index contributed by atoms with van der Waals surface area (Å²) in [5.41, 5.74) is 1.96. The lowest BCUT2D eigenvalue weighted by atomic mass is 9.77. The number of piperidine rings is 1. The van der Waals surface area contributed by atoms with Gasteiger partial charge in [-0.3, -0.25) is 0 Å². The lowest BCUT2D eigenvalue weighted by Crippen LogP contribution is -2.40. The van der Waals surface area contributed by atoms with Crippen LogP contribution in [0.4, 0.5) is 5.69 Å². The van der Waals surface area contributed by atoms with E-state index in [2.05, 4.69) is 50.4 Å². The summed E-state index contributed by atoms with van der Waals surface area (Å²) in [5, 5.41) is 3.52. The summed E-state index contributed by atoms with van der Waals surface area (Å²) in [6.45, 7) is 4.83. The molecule has 0 bridgehead atoms. The fourth-order valence-electron chi connectivity index (χ4n) is 3.83. The second-order valence-corrected chi connectivity index (χ2v) is 7.40. The van der Waals surface area contributed by atoms with Gasteiger partial charge in [-0.15, -0.1) is 0 Å². The molecule has 1 spiro atoms. The van der Waals surface area contributed by atoms with Crippen LogP contribution in [-0.4, -0.2) is 31.1 Å². The standard InChI is InChI=1S/C17H25BrN2/c18-15-4-3-5-16(14-15)19-10-13-20-11-8-17(9-12-20)6-1-2-7-17/h3-5,14,19H,1-2,6-13H2. The molecule has 3 heteroatoms. The van der Waals surface area contributed by atoms with Gasteiger partial charge in [-0.2, -0.15) is 0 Å². The van der Waals surface area contributed by atoms with Gasteiger partial charge in [0.05, 0.1) is 0 Å². The number of likely N-dealkylation sites (tertiary alicyclic amines) is 1. The Labute approximate surface area is 131 Å². The fraction of sp³-hybridized carbons (Fsp3) is 0.647. The van der Waals surface area contributed by atoms with Crippen molar-refractivity contribution in [3.05, 3.63) is 28.7 Å². The van der Waals surface area contributed by atoms with Gasteiger partial charge in [0, 0.05) is 23.2 Å². The Bertz CT molecular complexity index is 430. The molecule has 1 saturated heterocycles. The lowest BCUT2D eigenvalue weighted by molar-refractivity contribution is 0.112. The molecule has 0 amide bonds. The number of nitrogens with zero attached hydrogens (tertiary/aromatic N) is 1. The molecule has 1 aromatic carbocycles. The number of nitrogens with one attached hydrogen (secondary N) is 1. The topological polar surface area (TPSA) is 15.3 Å². The molecule has 110 valence electrons. The van der Waals surface area contributed by atoms with Crippen LogP contribution in [0.5, 0.6) is 0 Å². The van der Waals surface area contributed by atoms with Gasteiger partial charge in [-0.25, -0.2) is 0 Å². The third kappa shape index (κ3) is 3.56. The van der Waals surface area contributed by atoms with Crippen LogP contribution in [-0.2, 0) is 0 Å². The maximum Gasteiger partial charge on any atom is 0.0351 e. The van der Waals surface area contributed by atoms with Crippen LogP contribution >= 0.6 is 15.9 Å². The van der Waals surface area contributed by atoms with E-state index < -0.39 is 0 Å². The quantitative estimate of drug-likeness (QED) is 0.869. The van der Waals surface area contributed by atoms with Crippen molar-refractivity contribution in [2.24, 2.45) is 5.41 Å². The molecule has 1 aromatic rings. The molecule has 20 heavy (non-hydrogen) atoms. The maximum absolute atomic E-state index is 3.52. The van der Waals surface area contributed by atoms with E-state index in [1.54, 1.807) is 0 Å². The molecule has 2 aliphatic rings. The summed E-state index contributed by atoms with van der Waals surface area (Å²) in [7, 11) is 0. The van der Waals surface area contributed by atoms with Gasteiger partial charge >= 0.3 is 0 Å². The summed E-state index contributed by atoms with van der Waals surface area (Å²) in [5.74, 6) is 0. The van der Waals surface area contributed by atoms with Gasteiger partial charge in [0.2, 0.25) is 0 Å². The van der Waals surface area contributed by atoms with E-state index in [4.69, 9.17) is 0 Å². The number of rotatable bonds is 4. The van der Waals surface area contributed by atoms with Gasteiger partial charge in [0.1, 0.15) is 0 Å². The number of benzene rings is 1. The second kappa shape index (κ2) is 6.48. The molecule has 1 aliphatic heterocycles. The molecule has 1 saturated carbocycles. The highest BCUT2D eigenvalue weighted by Gasteiger charge is 2.36. The van der Waals surface area contributed by atoms with Crippen LogP contribution in [0.2, 0.25) is 0 Å². The van der Waals surface area contributed by atoms with E-state index in [1.807, 2.05) is 0 Å². The predicted octanol–water partition coefficient (Wildman–Crippen LogP) is 4.52. The predicted molar refractivity (Wildman–Crippen MR) is 89.2 cm³/mol. The van der Waals surface area contributed by atoms with Crippen molar-refractivity contribution < 1.29 is 0 Å². The smallest absolute Gasteiger partial charge is 0.0351 e. The van der Waals surface area contributed by atoms with E-state index in [1.165, 1.54) is 63.8 Å². The van der Waals surface area contributed by atoms with Crippen LogP contribution in [0.1, 0.15) is 38.5 Å². The van der Waals surface area contributed by atoms with E-state index in [0.717, 1.165) is 16.4 Å². The Balaban J connectivity index is 1.39. The van der Waals surface area contributed by atoms with E-state index in [-0.39, 0.29) is 0 Å². The third-order valence-corrected chi connectivity index (χ3v) is 5.66. The van der Waals surface area contributed by atoms with Crippen molar-refractivity contribution in [1.82, 2.24) is 4.90 Å². The number of halogens is 1. The Kier molecular flexibility index (Phi) is 4.67. The lowest BCUT2D eigenvalue weighted by Gasteiger charge is -2.39. The molecule has 2 fully saturated rings. The largest absolute Gasteiger partial charge is 0.384 e. The molecule has 1 aliphatic carbocycles. The molecule has 0 unspecified atom stereocenters. The normalized spacial score (nSPS) is 22.2. The van der Waals surface area contributed by atoms with Gasteiger partial charge in [0.15, 0.2) is 0 Å². The van der Waals surface area contributed by atoms with Crippen LogP contribution in [0.25, 0.3) is 0 Å². The van der Waals surface area contributed by atoms with Gasteiger partial charge in [-0.05, 0) is 62.4 Å². The molecule has 0 aromatic heterocycles. The Morgan fingerprint density at radius 2 is 1.85 bits per heavy atom. The van der Waals surface area contributed by atoms with E-state index >= 15 is 0 Å². The second-order valence-electron chi connectivity index (χ2n) is 6.49. The van der Waals surface area contributed by atoms with Crippen molar-refractivity contribution in [2.75, 3.05) is 31.5 Å². The summed E-state index contributed by atoms with van der Waals surface area (Å²) in [6.07, 6.45) is 8.82. The first-order chi connectivity index (χ1) is 9.76. The Morgan fingerprint density at radius 3 is 2.55 bits per heavy atom. The van der Waals surface area contributed by atoms with Crippen molar-refractivity contribution in [1.29, 1.82) is 0 Å². The molecule has 0 atom stereocenters. The van der Waals surface area contributed by atoms with Crippen molar-refractivity contribution in [2.45, 2.75) is 38.5 Å². The number of hydrogen-bond acceptors (Lipinski definition) is 2. The third-order valence-electron chi connectivity index (χ3n) is 5.16. The molecular formula is C17H25BrN2. The minimum atomic E-state index is 0.744. The first-order valence-electron chi connectivity index (χ1n) is 7.98. The summed E-state index contributed by atoms with van der Waals surface area (Å²) < 4.78 is 1.14. The molecule has 2 nitrogen and oxygen atoms in total. The van der Waals surface area contributed by atoms with Crippen LogP contribution < -0.4 is 5.32 Å². The first kappa shape index (κ1) is 14.4. The maximum atomic E-state index is 3.52. The minimum absolute atomic E-state index is 0.744. The number of anilines is 1. The van der Waals surface area contributed by atoms with Gasteiger partial charge in [0.25, 0.3) is 0 Å². The molecular weight excluding hydrogens is 312 g/mol. The zero-order valence-electron chi connectivity index (χ0n) is 12.2. The van der Waals surface area contributed by atoms with E-state index in [0.29, 0.717) is 0 Å². The van der Waals surface area contributed by atoms with Crippen LogP contribution in [0.3, 0.4) is 0 Å². The summed E-state index contributed by atoms with van der Waals surface area (Å²) in [4.78, 5) is 2.63. The highest BCUT2D eigenvalue weighted by atomic mass is 79.9. The summed E-state index contributed by atoms with van der Waals surface area (Å²) >= 11 is 3.51. The molecule has 1 N–H and O–H groups in total. The average molecular weight is 337 g/mol. The molecule has 3 rings (SSSR count). The fourth-order valence-corrected chi connectivity index (χ4v) is 4.23. The van der Waals surface area contributed by atoms with Gasteiger partial charge < -0.3 is 10.2 Å². The van der Waals surface area contributed by atoms with E-state index in [9.17, 15) is 0 Å². The highest BCUT2D eigenvalue weighted by Crippen LogP contribution is 2.45. The SMILES string of the molecule is Brc1cccc(NCCN2CCC3(CCCC3)CC2)c1. The van der Waals surface area contributed by atoms with Crippen molar-refractivity contribution in [3.63, 3.8) is 0 Å². The van der Waals surface area contributed by atoms with Crippen molar-refractivity contribution >= 4 is 21.6 Å². The van der Waals surface area contributed by atoms with Crippen LogP contribution in [0, 0.1) is 5.41 Å². The number of hydrogen-bond donors (Lipinski definition) is 1. The zero-order valence-corrected chi connectivity index (χ0v) is 13.8. The monoisotopic (exact) mass is 336 g/mol. The molecule has 0 radical (unpaired) electrons. The average Bonchev–Trinajstić information content (AvgIpc) is 2.90. The Hall–Kier alpha value is -0.540. The minimum Gasteiger partial charge on any atom is -0.384 e. The molecule has 1 heterocycles. The highest BCUT2D eigenvalue weighted by molar-refractivity contribution is 9.10. The zero-order chi connectivity index (χ0) is 13.8. The van der Waals surface area contributed by atoms with Crippen molar-refractivity contribution in [3.8, 4) is 0 Å². The van der Waals surface area contributed by atoms with Gasteiger partial charge in [-0.1, -0.05) is 34.8 Å². The van der Waals surface area contributed by atoms with Crippen LogP contribution in [0.15, 0.2) is 28.7 Å².